The first-order valence-corrected chi connectivity index (χ1v) is 7.41. The maximum Gasteiger partial charge on any atom is 0.134 e. The Hall–Kier alpha value is -1.32. The summed E-state index contributed by atoms with van der Waals surface area (Å²) in [6.45, 7) is 13.8. The Kier molecular flexibility index (Phi) is 6.06. The van der Waals surface area contributed by atoms with Gasteiger partial charge in [0.1, 0.15) is 17.5 Å². The molecule has 108 valence electrons. The Morgan fingerprint density at radius 1 is 1.05 bits per heavy atom. The molecule has 0 amide bonds. The predicted octanol–water partition coefficient (Wildman–Crippen LogP) is 3.63. The molecule has 0 spiro atoms. The first-order valence-electron chi connectivity index (χ1n) is 7.41. The number of rotatable bonds is 7. The molecule has 2 N–H and O–H groups in total. The van der Waals surface area contributed by atoms with E-state index in [2.05, 4.69) is 62.1 Å². The first kappa shape index (κ1) is 15.7. The van der Waals surface area contributed by atoms with Crippen LogP contribution < -0.4 is 10.6 Å². The maximum atomic E-state index is 4.63. The van der Waals surface area contributed by atoms with Crippen molar-refractivity contribution >= 4 is 11.6 Å². The van der Waals surface area contributed by atoms with Gasteiger partial charge in [-0.2, -0.15) is 0 Å². The third-order valence-electron chi connectivity index (χ3n) is 3.71. The van der Waals surface area contributed by atoms with Gasteiger partial charge in [0.05, 0.1) is 0 Å². The standard InChI is InChI=1S/C15H28N4/c1-7-10(4)12(6)17-15-11(5)14(16-9-3)18-13(8-2)19-15/h10,12H,7-9H2,1-6H3,(H2,16,17,18,19). The molecule has 1 heterocycles. The molecule has 0 aliphatic heterocycles. The third-order valence-corrected chi connectivity index (χ3v) is 3.71. The van der Waals surface area contributed by atoms with Gasteiger partial charge in [0.25, 0.3) is 0 Å². The van der Waals surface area contributed by atoms with Crippen LogP contribution in [-0.2, 0) is 6.42 Å². The summed E-state index contributed by atoms with van der Waals surface area (Å²) in [6, 6.07) is 0.415. The summed E-state index contributed by atoms with van der Waals surface area (Å²) < 4.78 is 0. The van der Waals surface area contributed by atoms with Crippen LogP contribution in [0.3, 0.4) is 0 Å². The molecule has 0 radical (unpaired) electrons. The van der Waals surface area contributed by atoms with E-state index < -0.39 is 0 Å². The number of aryl methyl sites for hydroxylation is 1. The molecule has 0 bridgehead atoms. The van der Waals surface area contributed by atoms with Gasteiger partial charge in [0.15, 0.2) is 0 Å². The van der Waals surface area contributed by atoms with Gasteiger partial charge in [-0.3, -0.25) is 0 Å². The van der Waals surface area contributed by atoms with Crippen LogP contribution >= 0.6 is 0 Å². The number of anilines is 2. The second-order valence-electron chi connectivity index (χ2n) is 5.16. The van der Waals surface area contributed by atoms with Crippen LogP contribution in [-0.4, -0.2) is 22.6 Å². The molecule has 4 heteroatoms. The van der Waals surface area contributed by atoms with Gasteiger partial charge in [-0.15, -0.1) is 0 Å². The Bertz CT molecular complexity index is 403. The highest BCUT2D eigenvalue weighted by Crippen LogP contribution is 2.22. The average Bonchev–Trinajstić information content (AvgIpc) is 2.42. The lowest BCUT2D eigenvalue weighted by atomic mass is 10.0. The topological polar surface area (TPSA) is 49.8 Å². The van der Waals surface area contributed by atoms with Crippen LogP contribution in [0.15, 0.2) is 0 Å². The summed E-state index contributed by atoms with van der Waals surface area (Å²) in [5.41, 5.74) is 1.11. The van der Waals surface area contributed by atoms with Crippen molar-refractivity contribution in [3.8, 4) is 0 Å². The van der Waals surface area contributed by atoms with Crippen molar-refractivity contribution in [1.82, 2.24) is 9.97 Å². The summed E-state index contributed by atoms with van der Waals surface area (Å²) in [7, 11) is 0. The minimum absolute atomic E-state index is 0.415. The van der Waals surface area contributed by atoms with E-state index in [1.165, 1.54) is 6.42 Å². The Labute approximate surface area is 117 Å². The van der Waals surface area contributed by atoms with E-state index in [0.717, 1.165) is 36.0 Å². The van der Waals surface area contributed by atoms with E-state index in [-0.39, 0.29) is 0 Å². The molecule has 0 saturated carbocycles. The summed E-state index contributed by atoms with van der Waals surface area (Å²) >= 11 is 0. The highest BCUT2D eigenvalue weighted by molar-refractivity contribution is 5.57. The zero-order chi connectivity index (χ0) is 14.4. The van der Waals surface area contributed by atoms with Crippen molar-refractivity contribution in [2.75, 3.05) is 17.2 Å². The minimum Gasteiger partial charge on any atom is -0.370 e. The lowest BCUT2D eigenvalue weighted by molar-refractivity contribution is 0.493. The number of hydrogen-bond donors (Lipinski definition) is 2. The van der Waals surface area contributed by atoms with Crippen LogP contribution in [0.5, 0.6) is 0 Å². The van der Waals surface area contributed by atoms with Crippen molar-refractivity contribution in [3.63, 3.8) is 0 Å². The second kappa shape index (κ2) is 7.31. The largest absolute Gasteiger partial charge is 0.370 e. The monoisotopic (exact) mass is 264 g/mol. The lowest BCUT2D eigenvalue weighted by Crippen LogP contribution is -2.25. The summed E-state index contributed by atoms with van der Waals surface area (Å²) in [5, 5.41) is 6.86. The molecular formula is C15H28N4. The fourth-order valence-electron chi connectivity index (χ4n) is 1.91. The van der Waals surface area contributed by atoms with Crippen LogP contribution in [0.1, 0.15) is 52.4 Å². The number of aromatic nitrogens is 2. The molecule has 2 atom stereocenters. The molecule has 0 aromatic carbocycles. The first-order chi connectivity index (χ1) is 9.03. The smallest absolute Gasteiger partial charge is 0.134 e. The molecular weight excluding hydrogens is 236 g/mol. The highest BCUT2D eigenvalue weighted by atomic mass is 15.1. The van der Waals surface area contributed by atoms with E-state index in [9.17, 15) is 0 Å². The van der Waals surface area contributed by atoms with Gasteiger partial charge >= 0.3 is 0 Å². The number of hydrogen-bond acceptors (Lipinski definition) is 4. The molecule has 4 nitrogen and oxygen atoms in total. The second-order valence-corrected chi connectivity index (χ2v) is 5.16. The summed E-state index contributed by atoms with van der Waals surface area (Å²) in [4.78, 5) is 9.18. The highest BCUT2D eigenvalue weighted by Gasteiger charge is 2.15. The predicted molar refractivity (Wildman–Crippen MR) is 82.9 cm³/mol. The van der Waals surface area contributed by atoms with Crippen molar-refractivity contribution < 1.29 is 0 Å². The van der Waals surface area contributed by atoms with Crippen molar-refractivity contribution in [3.05, 3.63) is 11.4 Å². The molecule has 2 unspecified atom stereocenters. The van der Waals surface area contributed by atoms with E-state index in [0.29, 0.717) is 12.0 Å². The summed E-state index contributed by atoms with van der Waals surface area (Å²) in [6.07, 6.45) is 2.02. The SMILES string of the molecule is CCNc1nc(CC)nc(NC(C)C(C)CC)c1C. The van der Waals surface area contributed by atoms with E-state index >= 15 is 0 Å². The number of nitrogens with one attached hydrogen (secondary N) is 2. The Balaban J connectivity index is 3.01. The van der Waals surface area contributed by atoms with Crippen molar-refractivity contribution in [2.24, 2.45) is 5.92 Å². The molecule has 0 aliphatic carbocycles. The minimum atomic E-state index is 0.415. The maximum absolute atomic E-state index is 4.63. The lowest BCUT2D eigenvalue weighted by Gasteiger charge is -2.22. The van der Waals surface area contributed by atoms with Gasteiger partial charge in [-0.1, -0.05) is 27.2 Å². The quantitative estimate of drug-likeness (QED) is 0.789. The molecule has 1 aromatic heterocycles. The third kappa shape index (κ3) is 4.08. The zero-order valence-electron chi connectivity index (χ0n) is 13.2. The van der Waals surface area contributed by atoms with Crippen LogP contribution in [0.2, 0.25) is 0 Å². The Morgan fingerprint density at radius 2 is 1.68 bits per heavy atom. The van der Waals surface area contributed by atoms with Gasteiger partial charge in [0.2, 0.25) is 0 Å². The zero-order valence-corrected chi connectivity index (χ0v) is 13.2. The fourth-order valence-corrected chi connectivity index (χ4v) is 1.91. The van der Waals surface area contributed by atoms with Gasteiger partial charge in [-0.25, -0.2) is 9.97 Å². The van der Waals surface area contributed by atoms with E-state index in [4.69, 9.17) is 0 Å². The number of nitrogens with zero attached hydrogens (tertiary/aromatic N) is 2. The van der Waals surface area contributed by atoms with Gasteiger partial charge < -0.3 is 10.6 Å². The molecule has 1 rings (SSSR count). The fraction of sp³-hybridized carbons (Fsp3) is 0.733. The van der Waals surface area contributed by atoms with Crippen LogP contribution in [0.25, 0.3) is 0 Å². The van der Waals surface area contributed by atoms with Crippen molar-refractivity contribution in [2.45, 2.75) is 60.4 Å². The molecule has 0 saturated heterocycles. The van der Waals surface area contributed by atoms with E-state index in [1.807, 2.05) is 0 Å². The molecule has 0 fully saturated rings. The molecule has 19 heavy (non-hydrogen) atoms. The van der Waals surface area contributed by atoms with Crippen LogP contribution in [0.4, 0.5) is 11.6 Å². The molecule has 0 aliphatic rings. The average molecular weight is 264 g/mol. The Morgan fingerprint density at radius 3 is 2.21 bits per heavy atom. The van der Waals surface area contributed by atoms with Crippen LogP contribution in [0, 0.1) is 12.8 Å². The normalized spacial score (nSPS) is 14.0. The summed E-state index contributed by atoms with van der Waals surface area (Å²) in [5.74, 6) is 3.44. The van der Waals surface area contributed by atoms with E-state index in [1.54, 1.807) is 0 Å². The van der Waals surface area contributed by atoms with Crippen molar-refractivity contribution in [1.29, 1.82) is 0 Å². The van der Waals surface area contributed by atoms with Gasteiger partial charge in [0, 0.05) is 24.6 Å². The van der Waals surface area contributed by atoms with Gasteiger partial charge in [-0.05, 0) is 26.7 Å². The molecule has 1 aromatic rings.